The van der Waals surface area contributed by atoms with Crippen LogP contribution in [0.5, 0.6) is 0 Å². The van der Waals surface area contributed by atoms with Crippen LogP contribution in [0.25, 0.3) is 0 Å². The van der Waals surface area contributed by atoms with E-state index in [0.717, 1.165) is 4.51 Å². The topological polar surface area (TPSA) is 0 Å². The van der Waals surface area contributed by atoms with Crippen LogP contribution in [0.1, 0.15) is 26.7 Å². The van der Waals surface area contributed by atoms with E-state index in [1.54, 1.807) is 0 Å². The molecule has 0 N–H and O–H groups in total. The average molecular weight is 216 g/mol. The molecule has 7 heavy (non-hydrogen) atoms. The van der Waals surface area contributed by atoms with Crippen molar-refractivity contribution in [3.8, 4) is 0 Å². The first-order valence-electron chi connectivity index (χ1n) is 2.60. The second-order valence-corrected chi connectivity index (χ2v) is 4.82. The molecule has 0 radical (unpaired) electrons. The quantitative estimate of drug-likeness (QED) is 0.527. The Bertz CT molecular complexity index is 29.3. The summed E-state index contributed by atoms with van der Waals surface area (Å²) < 4.78 is 1.02. The fourth-order valence-corrected chi connectivity index (χ4v) is 1.35. The van der Waals surface area contributed by atoms with Crippen molar-refractivity contribution in [2.45, 2.75) is 31.2 Å². The van der Waals surface area contributed by atoms with Crippen LogP contribution in [0.3, 0.4) is 0 Å². The van der Waals surface area contributed by atoms with Gasteiger partial charge in [0.2, 0.25) is 0 Å². The normalized spacial score (nSPS) is 12.6. The predicted octanol–water partition coefficient (Wildman–Crippen LogP) is -0.854. The molecule has 0 saturated carbocycles. The molecule has 0 aliphatic carbocycles. The van der Waals surface area contributed by atoms with Crippen molar-refractivity contribution in [3.63, 3.8) is 0 Å². The van der Waals surface area contributed by atoms with Gasteiger partial charge in [-0.1, -0.05) is 0 Å². The molecule has 0 amide bonds. The van der Waals surface area contributed by atoms with E-state index in [-0.39, 0.29) is 17.0 Å². The fourth-order valence-electron chi connectivity index (χ4n) is 0.493. The monoisotopic (exact) mass is 214 g/mol. The van der Waals surface area contributed by atoms with Crippen LogP contribution < -0.4 is 17.0 Å². The minimum absolute atomic E-state index is 0. The molecule has 0 spiro atoms. The van der Waals surface area contributed by atoms with Gasteiger partial charge in [0.15, 0.2) is 0 Å². The zero-order valence-corrected chi connectivity index (χ0v) is 9.63. The molecule has 0 aromatic carbocycles. The number of hydrogen-bond acceptors (Lipinski definition) is 0. The standard InChI is InChI=1S/C5H11.BrH.Zn/c1-3-5-4-2;;/h3H,4-5H2,1-2H3;1H;/q;;+1/p-1. The van der Waals surface area contributed by atoms with Gasteiger partial charge in [0.1, 0.15) is 0 Å². The molecule has 0 fully saturated rings. The van der Waals surface area contributed by atoms with E-state index in [9.17, 15) is 0 Å². The van der Waals surface area contributed by atoms with Gasteiger partial charge in [-0.2, -0.15) is 0 Å². The largest absolute Gasteiger partial charge is 1.00 e. The van der Waals surface area contributed by atoms with Crippen molar-refractivity contribution in [3.05, 3.63) is 0 Å². The summed E-state index contributed by atoms with van der Waals surface area (Å²) in [6.45, 7) is 4.55. The molecule has 0 aliphatic rings. The molecule has 0 aliphatic heterocycles. The number of hydrogen-bond donors (Lipinski definition) is 0. The third-order valence-electron chi connectivity index (χ3n) is 0.781. The van der Waals surface area contributed by atoms with Crippen LogP contribution in [0.4, 0.5) is 0 Å². The van der Waals surface area contributed by atoms with Crippen LogP contribution in [-0.4, -0.2) is 0 Å². The summed E-state index contributed by atoms with van der Waals surface area (Å²) in [6, 6.07) is 0. The SMILES string of the molecule is CCC[CH](C)[Zn+].[Br-]. The minimum atomic E-state index is 0. The molecule has 1 atom stereocenters. The van der Waals surface area contributed by atoms with Crippen LogP contribution >= 0.6 is 0 Å². The van der Waals surface area contributed by atoms with E-state index < -0.39 is 0 Å². The summed E-state index contributed by atoms with van der Waals surface area (Å²) >= 11 is 1.47. The third kappa shape index (κ3) is 11.0. The Balaban J connectivity index is 0. The smallest absolute Gasteiger partial charge is 1.00 e. The molecular weight excluding hydrogens is 205 g/mol. The van der Waals surface area contributed by atoms with Gasteiger partial charge in [-0.05, 0) is 0 Å². The summed E-state index contributed by atoms with van der Waals surface area (Å²) in [4.78, 5) is 0. The molecule has 0 aromatic rings. The van der Waals surface area contributed by atoms with Crippen LogP contribution in [-0.2, 0) is 18.3 Å². The van der Waals surface area contributed by atoms with E-state index in [4.69, 9.17) is 0 Å². The zero-order chi connectivity index (χ0) is 4.99. The molecule has 2 heteroatoms. The van der Waals surface area contributed by atoms with Crippen LogP contribution in [0, 0.1) is 0 Å². The van der Waals surface area contributed by atoms with Crippen molar-refractivity contribution in [1.82, 2.24) is 0 Å². The fraction of sp³-hybridized carbons (Fsp3) is 1.00. The van der Waals surface area contributed by atoms with Crippen molar-refractivity contribution in [2.75, 3.05) is 0 Å². The van der Waals surface area contributed by atoms with Crippen LogP contribution in [0.2, 0.25) is 4.51 Å². The van der Waals surface area contributed by atoms with Gasteiger partial charge in [0, 0.05) is 0 Å². The maximum Gasteiger partial charge on any atom is -1.00 e. The molecule has 0 nitrogen and oxygen atoms in total. The summed E-state index contributed by atoms with van der Waals surface area (Å²) in [5, 5.41) is 0. The van der Waals surface area contributed by atoms with Crippen molar-refractivity contribution >= 4 is 0 Å². The van der Waals surface area contributed by atoms with Gasteiger partial charge in [0.25, 0.3) is 0 Å². The van der Waals surface area contributed by atoms with Crippen molar-refractivity contribution in [1.29, 1.82) is 0 Å². The molecule has 0 saturated heterocycles. The summed E-state index contributed by atoms with van der Waals surface area (Å²) in [5.74, 6) is 0. The molecular formula is C5H11BrZn. The van der Waals surface area contributed by atoms with Crippen molar-refractivity contribution < 1.29 is 35.3 Å². The number of rotatable bonds is 2. The minimum Gasteiger partial charge on any atom is -1.00 e. The molecule has 0 bridgehead atoms. The van der Waals surface area contributed by atoms with Gasteiger partial charge < -0.3 is 17.0 Å². The molecule has 0 heterocycles. The second kappa shape index (κ2) is 7.10. The average Bonchev–Trinajstić information content (AvgIpc) is 1.35. The van der Waals surface area contributed by atoms with E-state index in [0.29, 0.717) is 0 Å². The Hall–Kier alpha value is 1.10. The zero-order valence-electron chi connectivity index (χ0n) is 5.08. The molecule has 0 rings (SSSR count). The van der Waals surface area contributed by atoms with E-state index in [1.165, 1.54) is 31.1 Å². The Morgan fingerprint density at radius 2 is 2.00 bits per heavy atom. The maximum absolute atomic E-state index is 2.31. The Labute approximate surface area is 66.5 Å². The molecule has 40 valence electrons. The summed E-state index contributed by atoms with van der Waals surface area (Å²) in [5.41, 5.74) is 0. The van der Waals surface area contributed by atoms with E-state index in [1.807, 2.05) is 0 Å². The Morgan fingerprint density at radius 1 is 1.57 bits per heavy atom. The summed E-state index contributed by atoms with van der Waals surface area (Å²) in [7, 11) is 0. The van der Waals surface area contributed by atoms with Crippen LogP contribution in [0.15, 0.2) is 0 Å². The van der Waals surface area contributed by atoms with Gasteiger partial charge in [0.05, 0.1) is 0 Å². The first-order chi connectivity index (χ1) is 2.77. The first-order valence-corrected chi connectivity index (χ1v) is 4.31. The Kier molecular flexibility index (Phi) is 11.1. The second-order valence-electron chi connectivity index (χ2n) is 1.89. The van der Waals surface area contributed by atoms with Gasteiger partial charge in [-0.3, -0.25) is 0 Å². The maximum atomic E-state index is 2.31. The predicted molar refractivity (Wildman–Crippen MR) is 24.3 cm³/mol. The molecule has 1 unspecified atom stereocenters. The van der Waals surface area contributed by atoms with Gasteiger partial charge in [-0.15, -0.1) is 0 Å². The van der Waals surface area contributed by atoms with E-state index in [2.05, 4.69) is 13.8 Å². The summed E-state index contributed by atoms with van der Waals surface area (Å²) in [6.07, 6.45) is 2.79. The number of halogens is 1. The van der Waals surface area contributed by atoms with Crippen molar-refractivity contribution in [2.24, 2.45) is 0 Å². The Morgan fingerprint density at radius 3 is 2.00 bits per heavy atom. The van der Waals surface area contributed by atoms with Gasteiger partial charge >= 0.3 is 49.5 Å². The molecule has 0 aromatic heterocycles. The third-order valence-corrected chi connectivity index (χ3v) is 1.64. The van der Waals surface area contributed by atoms with Gasteiger partial charge in [-0.25, -0.2) is 0 Å². The van der Waals surface area contributed by atoms with E-state index >= 15 is 0 Å². The first kappa shape index (κ1) is 11.0.